The van der Waals surface area contributed by atoms with Gasteiger partial charge >= 0.3 is 0 Å². The minimum atomic E-state index is 0.115. The predicted octanol–water partition coefficient (Wildman–Crippen LogP) is 2.33. The average molecular weight is 301 g/mol. The molecule has 0 atom stereocenters. The Morgan fingerprint density at radius 1 is 1.14 bits per heavy atom. The molecule has 3 rings (SSSR count). The van der Waals surface area contributed by atoms with Gasteiger partial charge in [-0.05, 0) is 12.5 Å². The molecule has 0 saturated heterocycles. The summed E-state index contributed by atoms with van der Waals surface area (Å²) in [5.74, 6) is 1.39. The molecule has 0 amide bonds. The molecule has 7 heteroatoms. The maximum Gasteiger partial charge on any atom is 0.222 e. The number of benzene rings is 1. The van der Waals surface area contributed by atoms with Crippen molar-refractivity contribution in [3.8, 4) is 11.5 Å². The molecule has 0 radical (unpaired) electrons. The Hall–Kier alpha value is -2.47. The summed E-state index contributed by atoms with van der Waals surface area (Å²) in [4.78, 5) is 12.4. The first-order valence-corrected chi connectivity index (χ1v) is 6.75. The van der Waals surface area contributed by atoms with Crippen molar-refractivity contribution >= 4 is 17.5 Å². The van der Waals surface area contributed by atoms with Gasteiger partial charge in [-0.25, -0.2) is 19.6 Å². The van der Waals surface area contributed by atoms with Crippen molar-refractivity contribution in [3.05, 3.63) is 52.9 Å². The van der Waals surface area contributed by atoms with Gasteiger partial charge in [-0.2, -0.15) is 5.10 Å². The third kappa shape index (κ3) is 3.00. The molecule has 2 N–H and O–H groups in total. The van der Waals surface area contributed by atoms with Gasteiger partial charge in [0.2, 0.25) is 5.95 Å². The highest BCUT2D eigenvalue weighted by molar-refractivity contribution is 6.29. The Bertz CT molecular complexity index is 748. The number of aromatic nitrogens is 5. The lowest BCUT2D eigenvalue weighted by Gasteiger charge is -2.06. The maximum atomic E-state index is 5.93. The second-order valence-corrected chi connectivity index (χ2v) is 4.95. The summed E-state index contributed by atoms with van der Waals surface area (Å²) in [6.45, 7) is 2.43. The van der Waals surface area contributed by atoms with Crippen molar-refractivity contribution in [1.29, 1.82) is 0 Å². The van der Waals surface area contributed by atoms with Crippen LogP contribution in [0.25, 0.3) is 11.5 Å². The topological polar surface area (TPSA) is 82.5 Å². The van der Waals surface area contributed by atoms with E-state index in [1.165, 1.54) is 0 Å². The molecule has 2 heterocycles. The lowest BCUT2D eigenvalue weighted by atomic mass is 10.2. The summed E-state index contributed by atoms with van der Waals surface area (Å²) in [5.41, 5.74) is 7.32. The smallest absolute Gasteiger partial charge is 0.222 e. The highest BCUT2D eigenvalue weighted by Crippen LogP contribution is 2.20. The van der Waals surface area contributed by atoms with Crippen LogP contribution in [0, 0.1) is 6.92 Å². The Kier molecular flexibility index (Phi) is 3.53. The van der Waals surface area contributed by atoms with Crippen LogP contribution in [0.5, 0.6) is 0 Å². The SMILES string of the molecule is Cc1nc(-c2cc(Cl)nc(N)n2)n(Cc2ccccc2)n1. The van der Waals surface area contributed by atoms with E-state index < -0.39 is 0 Å². The van der Waals surface area contributed by atoms with E-state index in [4.69, 9.17) is 17.3 Å². The van der Waals surface area contributed by atoms with E-state index in [2.05, 4.69) is 20.1 Å². The first-order valence-electron chi connectivity index (χ1n) is 6.37. The molecule has 0 spiro atoms. The van der Waals surface area contributed by atoms with Crippen LogP contribution >= 0.6 is 11.6 Å². The fourth-order valence-electron chi connectivity index (χ4n) is 2.06. The zero-order valence-electron chi connectivity index (χ0n) is 11.4. The van der Waals surface area contributed by atoms with Crippen molar-refractivity contribution in [3.63, 3.8) is 0 Å². The number of nitrogens with two attached hydrogens (primary N) is 1. The molecule has 0 fully saturated rings. The molecule has 2 aromatic heterocycles. The third-order valence-electron chi connectivity index (χ3n) is 2.89. The van der Waals surface area contributed by atoms with Crippen LogP contribution in [0.2, 0.25) is 5.15 Å². The van der Waals surface area contributed by atoms with E-state index >= 15 is 0 Å². The largest absolute Gasteiger partial charge is 0.368 e. The Labute approximate surface area is 126 Å². The molecule has 6 nitrogen and oxygen atoms in total. The van der Waals surface area contributed by atoms with Gasteiger partial charge in [-0.15, -0.1) is 0 Å². The van der Waals surface area contributed by atoms with Crippen molar-refractivity contribution < 1.29 is 0 Å². The molecule has 0 unspecified atom stereocenters. The molecule has 1 aromatic carbocycles. The summed E-state index contributed by atoms with van der Waals surface area (Å²) < 4.78 is 1.78. The second-order valence-electron chi connectivity index (χ2n) is 4.56. The van der Waals surface area contributed by atoms with Crippen LogP contribution in [0.15, 0.2) is 36.4 Å². The van der Waals surface area contributed by atoms with Crippen molar-refractivity contribution in [2.45, 2.75) is 13.5 Å². The van der Waals surface area contributed by atoms with Crippen molar-refractivity contribution in [2.75, 3.05) is 5.73 Å². The number of hydrogen-bond donors (Lipinski definition) is 1. The van der Waals surface area contributed by atoms with Crippen LogP contribution in [-0.2, 0) is 6.54 Å². The first kappa shape index (κ1) is 13.5. The fourth-order valence-corrected chi connectivity index (χ4v) is 2.25. The standard InChI is InChI=1S/C14H13ClN6/c1-9-17-13(11-7-12(15)19-14(16)18-11)21(20-9)8-10-5-3-2-4-6-10/h2-7H,8H2,1H3,(H2,16,18,19). The molecular formula is C14H13ClN6. The summed E-state index contributed by atoms with van der Waals surface area (Å²) in [5, 5.41) is 4.68. The molecule has 21 heavy (non-hydrogen) atoms. The van der Waals surface area contributed by atoms with Crippen LogP contribution in [0.4, 0.5) is 5.95 Å². The van der Waals surface area contributed by atoms with Gasteiger partial charge in [-0.1, -0.05) is 41.9 Å². The normalized spacial score (nSPS) is 10.8. The minimum Gasteiger partial charge on any atom is -0.368 e. The number of nitrogens with zero attached hydrogens (tertiary/aromatic N) is 5. The molecule has 0 bridgehead atoms. The van der Waals surface area contributed by atoms with Crippen LogP contribution in [0.1, 0.15) is 11.4 Å². The zero-order chi connectivity index (χ0) is 14.8. The minimum absolute atomic E-state index is 0.115. The molecule has 0 saturated carbocycles. The summed E-state index contributed by atoms with van der Waals surface area (Å²) in [7, 11) is 0. The van der Waals surface area contributed by atoms with E-state index in [9.17, 15) is 0 Å². The van der Waals surface area contributed by atoms with E-state index in [1.54, 1.807) is 10.7 Å². The van der Waals surface area contributed by atoms with Gasteiger partial charge in [0.1, 0.15) is 16.7 Å². The van der Waals surface area contributed by atoms with Crippen molar-refractivity contribution in [1.82, 2.24) is 24.7 Å². The number of anilines is 1. The van der Waals surface area contributed by atoms with Gasteiger partial charge in [0, 0.05) is 6.07 Å². The predicted molar refractivity (Wildman–Crippen MR) is 80.8 cm³/mol. The number of rotatable bonds is 3. The highest BCUT2D eigenvalue weighted by atomic mass is 35.5. The summed E-state index contributed by atoms with van der Waals surface area (Å²) >= 11 is 5.93. The van der Waals surface area contributed by atoms with Gasteiger partial charge in [-0.3, -0.25) is 0 Å². The Balaban J connectivity index is 2.03. The first-order chi connectivity index (χ1) is 10.1. The number of nitrogen functional groups attached to an aromatic ring is 1. The number of hydrogen-bond acceptors (Lipinski definition) is 5. The second kappa shape index (κ2) is 5.49. The maximum absolute atomic E-state index is 5.93. The van der Waals surface area contributed by atoms with Crippen LogP contribution in [0.3, 0.4) is 0 Å². The van der Waals surface area contributed by atoms with E-state index in [0.717, 1.165) is 5.56 Å². The molecule has 3 aromatic rings. The Morgan fingerprint density at radius 3 is 2.62 bits per heavy atom. The van der Waals surface area contributed by atoms with Gasteiger partial charge in [0.15, 0.2) is 5.82 Å². The zero-order valence-corrected chi connectivity index (χ0v) is 12.1. The monoisotopic (exact) mass is 300 g/mol. The van der Waals surface area contributed by atoms with E-state index in [1.807, 2.05) is 37.3 Å². The fraction of sp³-hybridized carbons (Fsp3) is 0.143. The summed E-state index contributed by atoms with van der Waals surface area (Å²) in [6.07, 6.45) is 0. The average Bonchev–Trinajstić information content (AvgIpc) is 2.80. The number of aryl methyl sites for hydroxylation is 1. The molecule has 106 valence electrons. The lowest BCUT2D eigenvalue weighted by molar-refractivity contribution is 0.684. The molecular weight excluding hydrogens is 288 g/mol. The highest BCUT2D eigenvalue weighted by Gasteiger charge is 2.13. The summed E-state index contributed by atoms with van der Waals surface area (Å²) in [6, 6.07) is 11.6. The quantitative estimate of drug-likeness (QED) is 0.751. The van der Waals surface area contributed by atoms with Crippen LogP contribution in [-0.4, -0.2) is 24.7 Å². The molecule has 0 aliphatic rings. The van der Waals surface area contributed by atoms with Gasteiger partial charge in [0.05, 0.1) is 6.54 Å². The Morgan fingerprint density at radius 2 is 1.90 bits per heavy atom. The van der Waals surface area contributed by atoms with E-state index in [0.29, 0.717) is 23.9 Å². The lowest BCUT2D eigenvalue weighted by Crippen LogP contribution is -2.06. The van der Waals surface area contributed by atoms with Crippen molar-refractivity contribution in [2.24, 2.45) is 0 Å². The number of halogens is 1. The van der Waals surface area contributed by atoms with Crippen LogP contribution < -0.4 is 5.73 Å². The van der Waals surface area contributed by atoms with Gasteiger partial charge < -0.3 is 5.73 Å². The van der Waals surface area contributed by atoms with Gasteiger partial charge in [0.25, 0.3) is 0 Å². The molecule has 0 aliphatic carbocycles. The van der Waals surface area contributed by atoms with E-state index in [-0.39, 0.29) is 11.1 Å². The molecule has 0 aliphatic heterocycles. The third-order valence-corrected chi connectivity index (χ3v) is 3.09.